The van der Waals surface area contributed by atoms with E-state index in [1.807, 2.05) is 6.92 Å². The Labute approximate surface area is 152 Å². The number of carboxylic acids is 1. The van der Waals surface area contributed by atoms with E-state index in [4.69, 9.17) is 5.11 Å². The fourth-order valence-electron chi connectivity index (χ4n) is 2.40. The van der Waals surface area contributed by atoms with E-state index in [0.29, 0.717) is 23.2 Å². The fourth-order valence-corrected chi connectivity index (χ4v) is 3.86. The van der Waals surface area contributed by atoms with Gasteiger partial charge in [0.2, 0.25) is 0 Å². The van der Waals surface area contributed by atoms with Crippen LogP contribution in [0.1, 0.15) is 35.7 Å². The van der Waals surface area contributed by atoms with E-state index in [1.54, 1.807) is 24.3 Å². The number of nitrogens with one attached hydrogen (secondary N) is 1. The molecule has 0 fully saturated rings. The zero-order valence-corrected chi connectivity index (χ0v) is 15.3. The number of benzene rings is 2. The summed E-state index contributed by atoms with van der Waals surface area (Å²) in [5.74, 6) is -1.26. The van der Waals surface area contributed by atoms with Crippen LogP contribution in [0, 0.1) is 0 Å². The Morgan fingerprint density at radius 2 is 1.77 bits per heavy atom. The molecule has 1 amide bonds. The van der Waals surface area contributed by atoms with Gasteiger partial charge in [0.15, 0.2) is 9.84 Å². The molecule has 138 valence electrons. The van der Waals surface area contributed by atoms with Crippen LogP contribution in [0.15, 0.2) is 53.4 Å². The second kappa shape index (κ2) is 8.62. The zero-order chi connectivity index (χ0) is 19.2. The Bertz CT molecular complexity index is 888. The lowest BCUT2D eigenvalue weighted by molar-refractivity contribution is -0.136. The summed E-state index contributed by atoms with van der Waals surface area (Å²) in [7, 11) is -3.33. The molecule has 0 radical (unpaired) electrons. The fraction of sp³-hybridized carbons (Fsp3) is 0.263. The first kappa shape index (κ1) is 19.7. The number of anilines is 1. The van der Waals surface area contributed by atoms with E-state index >= 15 is 0 Å². The molecule has 6 nitrogen and oxygen atoms in total. The van der Waals surface area contributed by atoms with Crippen molar-refractivity contribution in [2.75, 3.05) is 11.1 Å². The predicted molar refractivity (Wildman–Crippen MR) is 99.1 cm³/mol. The molecule has 2 aromatic rings. The van der Waals surface area contributed by atoms with Crippen LogP contribution in [0.25, 0.3) is 0 Å². The van der Waals surface area contributed by atoms with Crippen molar-refractivity contribution in [2.24, 2.45) is 0 Å². The maximum Gasteiger partial charge on any atom is 0.307 e. The molecule has 0 aliphatic rings. The van der Waals surface area contributed by atoms with Gasteiger partial charge < -0.3 is 10.4 Å². The molecule has 0 atom stereocenters. The number of unbranched alkanes of at least 4 members (excludes halogenated alkanes) is 1. The van der Waals surface area contributed by atoms with Crippen LogP contribution in [0.3, 0.4) is 0 Å². The van der Waals surface area contributed by atoms with Gasteiger partial charge >= 0.3 is 5.97 Å². The Morgan fingerprint density at radius 1 is 1.08 bits per heavy atom. The van der Waals surface area contributed by atoms with Crippen molar-refractivity contribution in [3.63, 3.8) is 0 Å². The first-order valence-electron chi connectivity index (χ1n) is 8.26. The standard InChI is InChI=1S/C19H21NO5S/c1-2-3-11-26(24,25)17-9-7-15(8-10-17)19(23)20-16-6-4-5-14(12-16)13-18(21)22/h4-10,12H,2-3,11,13H2,1H3,(H,20,23)(H,21,22). The van der Waals surface area contributed by atoms with Crippen LogP contribution in [-0.4, -0.2) is 31.2 Å². The lowest BCUT2D eigenvalue weighted by Gasteiger charge is -2.08. The molecule has 0 saturated carbocycles. The molecule has 0 aromatic heterocycles. The van der Waals surface area contributed by atoms with Gasteiger partial charge in [-0.25, -0.2) is 8.42 Å². The molecule has 0 bridgehead atoms. The van der Waals surface area contributed by atoms with Gasteiger partial charge in [0, 0.05) is 11.3 Å². The number of carboxylic acid groups (broad SMARTS) is 1. The molecular weight excluding hydrogens is 354 g/mol. The third-order valence-electron chi connectivity index (χ3n) is 3.78. The van der Waals surface area contributed by atoms with Crippen LogP contribution in [-0.2, 0) is 21.1 Å². The Balaban J connectivity index is 2.10. The minimum atomic E-state index is -3.33. The molecule has 2 N–H and O–H groups in total. The third kappa shape index (κ3) is 5.42. The van der Waals surface area contributed by atoms with E-state index in [-0.39, 0.29) is 17.1 Å². The second-order valence-corrected chi connectivity index (χ2v) is 8.03. The van der Waals surface area contributed by atoms with E-state index in [0.717, 1.165) is 6.42 Å². The number of carbonyl (C=O) groups excluding carboxylic acids is 1. The topological polar surface area (TPSA) is 101 Å². The summed E-state index contributed by atoms with van der Waals surface area (Å²) in [4.78, 5) is 23.3. The lowest BCUT2D eigenvalue weighted by Crippen LogP contribution is -2.13. The highest BCUT2D eigenvalue weighted by Crippen LogP contribution is 2.16. The van der Waals surface area contributed by atoms with Gasteiger partial charge in [-0.3, -0.25) is 9.59 Å². The molecule has 0 heterocycles. The minimum Gasteiger partial charge on any atom is -0.481 e. The highest BCUT2D eigenvalue weighted by atomic mass is 32.2. The Morgan fingerprint density at radius 3 is 2.38 bits per heavy atom. The normalized spacial score (nSPS) is 11.1. The van der Waals surface area contributed by atoms with Gasteiger partial charge in [-0.1, -0.05) is 25.5 Å². The van der Waals surface area contributed by atoms with Crippen LogP contribution in [0.4, 0.5) is 5.69 Å². The predicted octanol–water partition coefficient (Wildman–Crippen LogP) is 3.14. The zero-order valence-electron chi connectivity index (χ0n) is 14.4. The van der Waals surface area contributed by atoms with Crippen molar-refractivity contribution in [3.05, 3.63) is 59.7 Å². The number of rotatable bonds is 8. The van der Waals surface area contributed by atoms with Crippen molar-refractivity contribution in [1.82, 2.24) is 0 Å². The summed E-state index contributed by atoms with van der Waals surface area (Å²) >= 11 is 0. The van der Waals surface area contributed by atoms with Crippen molar-refractivity contribution in [3.8, 4) is 0 Å². The molecule has 7 heteroatoms. The first-order chi connectivity index (χ1) is 12.3. The summed E-state index contributed by atoms with van der Waals surface area (Å²) in [6, 6.07) is 12.4. The van der Waals surface area contributed by atoms with E-state index in [9.17, 15) is 18.0 Å². The Hall–Kier alpha value is -2.67. The number of hydrogen-bond donors (Lipinski definition) is 2. The van der Waals surface area contributed by atoms with Crippen molar-refractivity contribution < 1.29 is 23.1 Å². The number of amides is 1. The van der Waals surface area contributed by atoms with Crippen molar-refractivity contribution >= 4 is 27.4 Å². The molecule has 0 saturated heterocycles. The summed E-state index contributed by atoms with van der Waals surface area (Å²) in [6.07, 6.45) is 1.26. The summed E-state index contributed by atoms with van der Waals surface area (Å²) in [5.41, 5.74) is 1.38. The maximum atomic E-state index is 12.3. The SMILES string of the molecule is CCCCS(=O)(=O)c1ccc(C(=O)Nc2cccc(CC(=O)O)c2)cc1. The number of sulfone groups is 1. The highest BCUT2D eigenvalue weighted by Gasteiger charge is 2.15. The molecule has 2 rings (SSSR count). The van der Waals surface area contributed by atoms with E-state index in [1.165, 1.54) is 24.3 Å². The van der Waals surface area contributed by atoms with Crippen LogP contribution >= 0.6 is 0 Å². The van der Waals surface area contributed by atoms with Crippen LogP contribution in [0.5, 0.6) is 0 Å². The molecular formula is C19H21NO5S. The summed E-state index contributed by atoms with van der Waals surface area (Å²) in [6.45, 7) is 1.93. The van der Waals surface area contributed by atoms with Gasteiger partial charge in [-0.05, 0) is 48.4 Å². The van der Waals surface area contributed by atoms with Crippen LogP contribution < -0.4 is 5.32 Å². The largest absolute Gasteiger partial charge is 0.481 e. The molecule has 0 aliphatic heterocycles. The number of carbonyl (C=O) groups is 2. The summed E-state index contributed by atoms with van der Waals surface area (Å²) < 4.78 is 24.3. The Kier molecular flexibility index (Phi) is 6.52. The van der Waals surface area contributed by atoms with Crippen molar-refractivity contribution in [1.29, 1.82) is 0 Å². The van der Waals surface area contributed by atoms with E-state index in [2.05, 4.69) is 5.32 Å². The highest BCUT2D eigenvalue weighted by molar-refractivity contribution is 7.91. The number of hydrogen-bond acceptors (Lipinski definition) is 4. The molecule has 0 spiro atoms. The first-order valence-corrected chi connectivity index (χ1v) is 9.92. The summed E-state index contributed by atoms with van der Waals surface area (Å²) in [5, 5.41) is 11.5. The lowest BCUT2D eigenvalue weighted by atomic mass is 10.1. The smallest absolute Gasteiger partial charge is 0.307 e. The average Bonchev–Trinajstić information content (AvgIpc) is 2.60. The van der Waals surface area contributed by atoms with Gasteiger partial charge in [0.1, 0.15) is 0 Å². The number of aliphatic carboxylic acids is 1. The monoisotopic (exact) mass is 375 g/mol. The van der Waals surface area contributed by atoms with Gasteiger partial charge in [-0.15, -0.1) is 0 Å². The van der Waals surface area contributed by atoms with Gasteiger partial charge in [0.25, 0.3) is 5.91 Å². The molecule has 0 unspecified atom stereocenters. The van der Waals surface area contributed by atoms with Gasteiger partial charge in [-0.2, -0.15) is 0 Å². The van der Waals surface area contributed by atoms with Crippen molar-refractivity contribution in [2.45, 2.75) is 31.1 Å². The maximum absolute atomic E-state index is 12.3. The molecule has 26 heavy (non-hydrogen) atoms. The van der Waals surface area contributed by atoms with Crippen LogP contribution in [0.2, 0.25) is 0 Å². The average molecular weight is 375 g/mol. The van der Waals surface area contributed by atoms with E-state index < -0.39 is 21.7 Å². The quantitative estimate of drug-likeness (QED) is 0.738. The molecule has 0 aliphatic carbocycles. The third-order valence-corrected chi connectivity index (χ3v) is 5.60. The second-order valence-electron chi connectivity index (χ2n) is 5.92. The minimum absolute atomic E-state index is 0.0887. The van der Waals surface area contributed by atoms with Gasteiger partial charge in [0.05, 0.1) is 17.1 Å². The molecule has 2 aromatic carbocycles.